The van der Waals surface area contributed by atoms with Crippen LogP contribution in [0.1, 0.15) is 60.2 Å². The van der Waals surface area contributed by atoms with E-state index in [1.165, 1.54) is 10.7 Å². The SMILES string of the molecule is O=C1Cc2c(F)cccc2C(c2ccccc2)=N[C@@H]1Nc1nnc(-c2cn(C3CC(F)(F)C3)nc2-c2cnc(C3CC3)nc2)o1. The molecule has 5 aromatic rings. The summed E-state index contributed by atoms with van der Waals surface area (Å²) in [6.45, 7) is 0. The molecule has 1 atom stereocenters. The molecule has 1 aliphatic heterocycles. The first-order valence-electron chi connectivity index (χ1n) is 14.6. The minimum atomic E-state index is -2.74. The van der Waals surface area contributed by atoms with Crippen LogP contribution in [-0.2, 0) is 11.2 Å². The number of nitrogens with one attached hydrogen (secondary N) is 1. The van der Waals surface area contributed by atoms with E-state index in [1.54, 1.807) is 30.7 Å². The highest BCUT2D eigenvalue weighted by Crippen LogP contribution is 2.46. The van der Waals surface area contributed by atoms with Gasteiger partial charge in [0.05, 0.1) is 17.3 Å². The van der Waals surface area contributed by atoms with Gasteiger partial charge >= 0.3 is 6.01 Å². The Morgan fingerprint density at radius 1 is 0.933 bits per heavy atom. The monoisotopic (exact) mass is 610 g/mol. The molecule has 2 fully saturated rings. The molecule has 0 saturated heterocycles. The number of hydrogen-bond acceptors (Lipinski definition) is 9. The van der Waals surface area contributed by atoms with Crippen molar-refractivity contribution in [1.29, 1.82) is 0 Å². The summed E-state index contributed by atoms with van der Waals surface area (Å²) >= 11 is 0. The number of fused-ring (bicyclic) bond motifs is 1. The van der Waals surface area contributed by atoms with E-state index in [0.717, 1.165) is 18.7 Å². The Kier molecular flexibility index (Phi) is 6.36. The van der Waals surface area contributed by atoms with Crippen molar-refractivity contribution in [3.63, 3.8) is 0 Å². The van der Waals surface area contributed by atoms with Crippen molar-refractivity contribution in [2.24, 2.45) is 4.99 Å². The van der Waals surface area contributed by atoms with Gasteiger partial charge in [0.15, 0.2) is 11.9 Å². The highest BCUT2D eigenvalue weighted by molar-refractivity contribution is 6.16. The Morgan fingerprint density at radius 2 is 1.71 bits per heavy atom. The second-order valence-corrected chi connectivity index (χ2v) is 11.6. The molecule has 0 amide bonds. The average molecular weight is 611 g/mol. The van der Waals surface area contributed by atoms with Gasteiger partial charge in [-0.2, -0.15) is 5.10 Å². The molecule has 0 unspecified atom stereocenters. The molecular formula is C32H25F3N8O2. The molecule has 1 N–H and O–H groups in total. The molecule has 10 nitrogen and oxygen atoms in total. The number of ketones is 1. The first-order valence-corrected chi connectivity index (χ1v) is 14.6. The number of anilines is 1. The van der Waals surface area contributed by atoms with E-state index in [2.05, 4.69) is 30.6 Å². The molecule has 4 heterocycles. The summed E-state index contributed by atoms with van der Waals surface area (Å²) in [5, 5.41) is 15.8. The van der Waals surface area contributed by atoms with Crippen molar-refractivity contribution in [3.8, 4) is 22.7 Å². The maximum Gasteiger partial charge on any atom is 0.317 e. The van der Waals surface area contributed by atoms with Gasteiger partial charge in [-0.15, -0.1) is 5.10 Å². The fraction of sp³-hybridized carbons (Fsp3) is 0.281. The summed E-state index contributed by atoms with van der Waals surface area (Å²) < 4.78 is 49.8. The third-order valence-electron chi connectivity index (χ3n) is 8.31. The highest BCUT2D eigenvalue weighted by atomic mass is 19.3. The fourth-order valence-corrected chi connectivity index (χ4v) is 5.73. The van der Waals surface area contributed by atoms with E-state index in [9.17, 15) is 18.0 Å². The average Bonchev–Trinajstić information content (AvgIpc) is 3.66. The fourth-order valence-electron chi connectivity index (χ4n) is 5.73. The molecule has 2 aromatic carbocycles. The number of carbonyl (C=O) groups excluding carboxylic acids is 1. The van der Waals surface area contributed by atoms with Crippen LogP contribution >= 0.6 is 0 Å². The standard InChI is InChI=1S/C32H25F3N8O2/c33-24-8-4-7-21-22(24)11-25(44)29(38-26(21)17-5-2-1-3-6-17)39-31-41-40-30(45-31)23-16-43(20-12-32(34,35)13-20)42-27(23)19-14-36-28(37-15-19)18-9-10-18/h1-8,14-16,18,20,29H,9-13H2,(H,39,41)/t29-/m1/s1. The quantitative estimate of drug-likeness (QED) is 0.246. The van der Waals surface area contributed by atoms with E-state index in [4.69, 9.17) is 9.41 Å². The molecule has 226 valence electrons. The minimum absolute atomic E-state index is 0.0544. The van der Waals surface area contributed by atoms with E-state index in [1.807, 2.05) is 30.3 Å². The summed E-state index contributed by atoms with van der Waals surface area (Å²) in [6, 6.07) is 13.3. The number of rotatable bonds is 7. The van der Waals surface area contributed by atoms with Crippen LogP contribution in [0.15, 0.2) is 76.5 Å². The number of aliphatic imine (C=N–C) groups is 1. The third kappa shape index (κ3) is 5.17. The zero-order chi connectivity index (χ0) is 30.7. The Labute approximate surface area is 254 Å². The van der Waals surface area contributed by atoms with Gasteiger partial charge in [-0.05, 0) is 18.9 Å². The first kappa shape index (κ1) is 27.4. The molecule has 0 radical (unpaired) electrons. The predicted molar refractivity (Wildman–Crippen MR) is 156 cm³/mol. The Morgan fingerprint density at radius 3 is 2.44 bits per heavy atom. The molecule has 8 rings (SSSR count). The van der Waals surface area contributed by atoms with Crippen LogP contribution in [0.5, 0.6) is 0 Å². The largest absolute Gasteiger partial charge is 0.403 e. The van der Waals surface area contributed by atoms with Crippen LogP contribution in [-0.4, -0.2) is 53.5 Å². The van der Waals surface area contributed by atoms with Crippen LogP contribution in [0.2, 0.25) is 0 Å². The van der Waals surface area contributed by atoms with E-state index < -0.39 is 23.9 Å². The number of nitrogens with zero attached hydrogens (tertiary/aromatic N) is 7. The number of hydrogen-bond donors (Lipinski definition) is 1. The van der Waals surface area contributed by atoms with Crippen molar-refractivity contribution in [3.05, 3.63) is 95.5 Å². The first-order chi connectivity index (χ1) is 21.8. The molecule has 0 bridgehead atoms. The summed E-state index contributed by atoms with van der Waals surface area (Å²) in [7, 11) is 0. The van der Waals surface area contributed by atoms with Crippen molar-refractivity contribution in [2.45, 2.75) is 56.2 Å². The van der Waals surface area contributed by atoms with Crippen molar-refractivity contribution in [2.75, 3.05) is 5.32 Å². The highest BCUT2D eigenvalue weighted by Gasteiger charge is 2.47. The van der Waals surface area contributed by atoms with Crippen LogP contribution < -0.4 is 5.32 Å². The van der Waals surface area contributed by atoms with E-state index >= 15 is 0 Å². The number of Topliss-reactive ketones (excluding diaryl/α,β-unsaturated/α-hetero) is 1. The van der Waals surface area contributed by atoms with Crippen molar-refractivity contribution >= 4 is 17.5 Å². The number of benzene rings is 2. The second-order valence-electron chi connectivity index (χ2n) is 11.6. The minimum Gasteiger partial charge on any atom is -0.403 e. The van der Waals surface area contributed by atoms with Crippen LogP contribution in [0.4, 0.5) is 19.2 Å². The molecule has 2 aliphatic carbocycles. The molecule has 3 aromatic heterocycles. The lowest BCUT2D eigenvalue weighted by Crippen LogP contribution is -2.37. The van der Waals surface area contributed by atoms with Crippen LogP contribution in [0.25, 0.3) is 22.7 Å². The molecule has 45 heavy (non-hydrogen) atoms. The van der Waals surface area contributed by atoms with E-state index in [-0.39, 0.29) is 42.5 Å². The number of alkyl halides is 2. The topological polar surface area (TPSA) is 124 Å². The van der Waals surface area contributed by atoms with Crippen LogP contribution in [0, 0.1) is 5.82 Å². The number of aromatic nitrogens is 6. The van der Waals surface area contributed by atoms with Crippen molar-refractivity contribution < 1.29 is 22.4 Å². The maximum absolute atomic E-state index is 14.9. The van der Waals surface area contributed by atoms with Gasteiger partial charge in [0.1, 0.15) is 17.3 Å². The zero-order valence-corrected chi connectivity index (χ0v) is 23.7. The molecule has 13 heteroatoms. The summed E-state index contributed by atoms with van der Waals surface area (Å²) in [5.41, 5.74) is 3.33. The van der Waals surface area contributed by atoms with Gasteiger partial charge in [0, 0.05) is 66.0 Å². The molecule has 2 saturated carbocycles. The summed E-state index contributed by atoms with van der Waals surface area (Å²) in [5.74, 6) is -2.45. The van der Waals surface area contributed by atoms with Gasteiger partial charge in [-0.3, -0.25) is 14.5 Å². The Hall–Kier alpha value is -5.20. The predicted octanol–water partition coefficient (Wildman–Crippen LogP) is 5.78. The Balaban J connectivity index is 1.13. The summed E-state index contributed by atoms with van der Waals surface area (Å²) in [4.78, 5) is 27.0. The lowest BCUT2D eigenvalue weighted by atomic mass is 9.88. The molecule has 3 aliphatic rings. The van der Waals surface area contributed by atoms with Gasteiger partial charge in [0.2, 0.25) is 0 Å². The zero-order valence-electron chi connectivity index (χ0n) is 23.7. The number of halogens is 3. The number of carbonyl (C=O) groups is 1. The molecule has 0 spiro atoms. The van der Waals surface area contributed by atoms with Gasteiger partial charge < -0.3 is 9.73 Å². The van der Waals surface area contributed by atoms with E-state index in [0.29, 0.717) is 39.6 Å². The van der Waals surface area contributed by atoms with Crippen molar-refractivity contribution in [1.82, 2.24) is 29.9 Å². The maximum atomic E-state index is 14.9. The third-order valence-corrected chi connectivity index (χ3v) is 8.31. The second kappa shape index (κ2) is 10.5. The smallest absolute Gasteiger partial charge is 0.317 e. The Bertz CT molecular complexity index is 1940. The van der Waals surface area contributed by atoms with Gasteiger partial charge in [0.25, 0.3) is 11.8 Å². The molecular weight excluding hydrogens is 585 g/mol. The summed E-state index contributed by atoms with van der Waals surface area (Å²) in [6.07, 6.45) is 5.02. The van der Waals surface area contributed by atoms with Crippen LogP contribution in [0.3, 0.4) is 0 Å². The van der Waals surface area contributed by atoms with Gasteiger partial charge in [-0.1, -0.05) is 47.6 Å². The van der Waals surface area contributed by atoms with Gasteiger partial charge in [-0.25, -0.2) is 23.1 Å². The normalized spacial score (nSPS) is 19.4. The lowest BCUT2D eigenvalue weighted by Gasteiger charge is -2.34. The lowest BCUT2D eigenvalue weighted by molar-refractivity contribution is -0.119.